The summed E-state index contributed by atoms with van der Waals surface area (Å²) in [5.74, 6) is 0. The summed E-state index contributed by atoms with van der Waals surface area (Å²) in [7, 11) is 0. The Labute approximate surface area is 92.9 Å². The van der Waals surface area contributed by atoms with E-state index in [1.807, 2.05) is 18.2 Å². The van der Waals surface area contributed by atoms with Crippen molar-refractivity contribution in [2.75, 3.05) is 0 Å². The van der Waals surface area contributed by atoms with Crippen molar-refractivity contribution in [3.8, 4) is 0 Å². The van der Waals surface area contributed by atoms with Crippen molar-refractivity contribution in [1.29, 1.82) is 0 Å². The van der Waals surface area contributed by atoms with Gasteiger partial charge in [0.15, 0.2) is 0 Å². The fourth-order valence-electron chi connectivity index (χ4n) is 1.73. The zero-order valence-corrected chi connectivity index (χ0v) is 9.01. The van der Waals surface area contributed by atoms with E-state index >= 15 is 0 Å². The van der Waals surface area contributed by atoms with Gasteiger partial charge in [-0.3, -0.25) is 0 Å². The molecule has 0 aliphatic heterocycles. The standard InChI is InChI=1S/C12H8N.BrH/c1-3-7-11-9(5-1)10-6-2-4-8-12(10)13-11;/h1-7,13H;1H/q+1;/p-1. The molecule has 0 bridgehead atoms. The van der Waals surface area contributed by atoms with Crippen LogP contribution >= 0.6 is 0 Å². The number of hydrogen-bond acceptors (Lipinski definition) is 0. The molecule has 1 aromatic heterocycles. The van der Waals surface area contributed by atoms with E-state index in [9.17, 15) is 0 Å². The van der Waals surface area contributed by atoms with Gasteiger partial charge in [0.05, 0.1) is 23.1 Å². The molecule has 1 aromatic carbocycles. The van der Waals surface area contributed by atoms with Gasteiger partial charge in [0, 0.05) is 6.08 Å². The Morgan fingerprint density at radius 2 is 2.00 bits per heavy atom. The van der Waals surface area contributed by atoms with Crippen molar-refractivity contribution < 1.29 is 17.0 Å². The van der Waals surface area contributed by atoms with E-state index < -0.39 is 0 Å². The van der Waals surface area contributed by atoms with Crippen LogP contribution in [0.3, 0.4) is 0 Å². The van der Waals surface area contributed by atoms with Gasteiger partial charge in [0.25, 0.3) is 0 Å². The molecule has 1 N–H and O–H groups in total. The molecule has 0 spiro atoms. The highest BCUT2D eigenvalue weighted by molar-refractivity contribution is 5.91. The van der Waals surface area contributed by atoms with Crippen LogP contribution in [0.2, 0.25) is 0 Å². The summed E-state index contributed by atoms with van der Waals surface area (Å²) >= 11 is 0. The van der Waals surface area contributed by atoms with Gasteiger partial charge in [-0.25, -0.2) is 0 Å². The van der Waals surface area contributed by atoms with Crippen LogP contribution in [0.5, 0.6) is 0 Å². The molecule has 0 unspecified atom stereocenters. The lowest BCUT2D eigenvalue weighted by Crippen LogP contribution is -3.00. The maximum Gasteiger partial charge on any atom is 0.215 e. The lowest BCUT2D eigenvalue weighted by atomic mass is 10.1. The van der Waals surface area contributed by atoms with E-state index in [0.717, 1.165) is 5.69 Å². The number of H-pyrrole nitrogens is 1. The second-order valence-electron chi connectivity index (χ2n) is 3.13. The van der Waals surface area contributed by atoms with E-state index in [0.29, 0.717) is 0 Å². The average Bonchev–Trinajstić information content (AvgIpc) is 2.56. The van der Waals surface area contributed by atoms with Gasteiger partial charge in [0.1, 0.15) is 11.6 Å². The molecule has 0 fully saturated rings. The minimum atomic E-state index is 0. The van der Waals surface area contributed by atoms with Crippen molar-refractivity contribution in [3.63, 3.8) is 0 Å². The molecule has 1 aliphatic carbocycles. The monoisotopic (exact) mass is 245 g/mol. The first-order chi connectivity index (χ1) is 6.45. The molecular formula is C12H8BrN. The van der Waals surface area contributed by atoms with Crippen LogP contribution < -0.4 is 17.0 Å². The molecule has 0 saturated heterocycles. The minimum Gasteiger partial charge on any atom is -1.00 e. The number of para-hydroxylation sites is 1. The highest BCUT2D eigenvalue weighted by Gasteiger charge is 2.16. The molecule has 0 atom stereocenters. The zero-order chi connectivity index (χ0) is 8.67. The zero-order valence-electron chi connectivity index (χ0n) is 7.42. The first-order valence-corrected chi connectivity index (χ1v) is 4.32. The first-order valence-electron chi connectivity index (χ1n) is 4.32. The number of rotatable bonds is 0. The average molecular weight is 246 g/mol. The highest BCUT2D eigenvalue weighted by Crippen LogP contribution is 2.25. The number of allylic oxidation sites excluding steroid dienone is 2. The van der Waals surface area contributed by atoms with E-state index in [1.54, 1.807) is 0 Å². The third kappa shape index (κ3) is 1.20. The van der Waals surface area contributed by atoms with Crippen molar-refractivity contribution in [3.05, 3.63) is 53.8 Å². The number of nitrogens with one attached hydrogen (secondary N) is 1. The van der Waals surface area contributed by atoms with Crippen LogP contribution in [-0.2, 0) is 0 Å². The molecule has 68 valence electrons. The van der Waals surface area contributed by atoms with Crippen LogP contribution in [0.1, 0.15) is 11.3 Å². The summed E-state index contributed by atoms with van der Waals surface area (Å²) < 4.78 is 0. The van der Waals surface area contributed by atoms with Gasteiger partial charge in [0.2, 0.25) is 5.69 Å². The van der Waals surface area contributed by atoms with Crippen molar-refractivity contribution in [1.82, 2.24) is 4.98 Å². The summed E-state index contributed by atoms with van der Waals surface area (Å²) in [5.41, 5.74) is 3.52. The topological polar surface area (TPSA) is 15.8 Å². The van der Waals surface area contributed by atoms with Gasteiger partial charge < -0.3 is 22.0 Å². The van der Waals surface area contributed by atoms with Gasteiger partial charge in [-0.15, -0.1) is 0 Å². The second kappa shape index (κ2) is 3.41. The van der Waals surface area contributed by atoms with E-state index in [4.69, 9.17) is 0 Å². The van der Waals surface area contributed by atoms with Gasteiger partial charge in [-0.2, -0.15) is 0 Å². The summed E-state index contributed by atoms with van der Waals surface area (Å²) in [6, 6.07) is 8.31. The highest BCUT2D eigenvalue weighted by atomic mass is 79.9. The van der Waals surface area contributed by atoms with Crippen molar-refractivity contribution in [2.24, 2.45) is 0 Å². The maximum absolute atomic E-state index is 3.32. The van der Waals surface area contributed by atoms with Crippen LogP contribution in [0.15, 0.2) is 36.4 Å². The number of fused-ring (bicyclic) bond motifs is 3. The summed E-state index contributed by atoms with van der Waals surface area (Å²) in [4.78, 5) is 3.32. The molecule has 2 aromatic rings. The first kappa shape index (κ1) is 9.20. The molecule has 1 nitrogen and oxygen atoms in total. The molecule has 14 heavy (non-hydrogen) atoms. The SMILES string of the molecule is [Br-].[C+]1=CC=Cc2c1[nH]c1ccccc21. The fraction of sp³-hybridized carbons (Fsp3) is 0. The van der Waals surface area contributed by atoms with Crippen LogP contribution in [-0.4, -0.2) is 4.98 Å². The van der Waals surface area contributed by atoms with Crippen LogP contribution in [0.25, 0.3) is 17.0 Å². The number of benzene rings is 1. The Balaban J connectivity index is 0.000000750. The number of halogens is 1. The van der Waals surface area contributed by atoms with Gasteiger partial charge in [-0.1, -0.05) is 12.1 Å². The molecule has 1 aliphatic rings. The summed E-state index contributed by atoms with van der Waals surface area (Å²) in [6.45, 7) is 0. The molecule has 1 heterocycles. The third-order valence-electron chi connectivity index (χ3n) is 2.33. The predicted octanol–water partition coefficient (Wildman–Crippen LogP) is -0.0938. The normalized spacial score (nSPS) is 12.0. The van der Waals surface area contributed by atoms with Crippen molar-refractivity contribution >= 4 is 17.0 Å². The maximum atomic E-state index is 3.32. The number of aromatic amines is 1. The number of hydrogen-bond donors (Lipinski definition) is 1. The largest absolute Gasteiger partial charge is 1.00 e. The van der Waals surface area contributed by atoms with E-state index in [2.05, 4.69) is 35.3 Å². The van der Waals surface area contributed by atoms with Crippen LogP contribution in [0, 0.1) is 6.08 Å². The Morgan fingerprint density at radius 3 is 2.93 bits per heavy atom. The van der Waals surface area contributed by atoms with Gasteiger partial charge in [-0.05, 0) is 12.1 Å². The molecule has 2 heteroatoms. The Bertz CT molecular complexity index is 520. The molecular weight excluding hydrogens is 238 g/mol. The minimum absolute atomic E-state index is 0. The number of aromatic nitrogens is 1. The molecule has 3 rings (SSSR count). The smallest absolute Gasteiger partial charge is 0.215 e. The summed E-state index contributed by atoms with van der Waals surface area (Å²) in [5, 5.41) is 1.27. The Hall–Kier alpha value is -1.37. The molecule has 0 saturated carbocycles. The Morgan fingerprint density at radius 1 is 1.14 bits per heavy atom. The van der Waals surface area contributed by atoms with Crippen molar-refractivity contribution in [2.45, 2.75) is 0 Å². The lowest BCUT2D eigenvalue weighted by Gasteiger charge is -1.86. The van der Waals surface area contributed by atoms with Gasteiger partial charge >= 0.3 is 0 Å². The molecule has 0 amide bonds. The molecule has 0 radical (unpaired) electrons. The fourth-order valence-corrected chi connectivity index (χ4v) is 1.73. The van der Waals surface area contributed by atoms with E-state index in [-0.39, 0.29) is 17.0 Å². The predicted molar refractivity (Wildman–Crippen MR) is 54.2 cm³/mol. The van der Waals surface area contributed by atoms with Crippen LogP contribution in [0.4, 0.5) is 0 Å². The second-order valence-corrected chi connectivity index (χ2v) is 3.13. The quantitative estimate of drug-likeness (QED) is 0.625. The summed E-state index contributed by atoms with van der Waals surface area (Å²) in [6.07, 6.45) is 9.25. The Kier molecular flexibility index (Phi) is 2.24. The lowest BCUT2D eigenvalue weighted by molar-refractivity contribution is -0.00000250. The van der Waals surface area contributed by atoms with E-state index in [1.165, 1.54) is 16.5 Å². The third-order valence-corrected chi connectivity index (χ3v) is 2.33.